The van der Waals surface area contributed by atoms with Crippen LogP contribution in [0, 0.1) is 17.8 Å². The molecule has 1 aliphatic carbocycles. The maximum atomic E-state index is 13.1. The number of imide groups is 1. The number of hydrogen-bond donors (Lipinski definition) is 0. The van der Waals surface area contributed by atoms with E-state index in [2.05, 4.69) is 11.8 Å². The van der Waals surface area contributed by atoms with Gasteiger partial charge in [0.15, 0.2) is 0 Å². The van der Waals surface area contributed by atoms with Gasteiger partial charge in [-0.1, -0.05) is 26.0 Å². The van der Waals surface area contributed by atoms with E-state index in [0.29, 0.717) is 23.1 Å². The van der Waals surface area contributed by atoms with E-state index < -0.39 is 5.97 Å². The summed E-state index contributed by atoms with van der Waals surface area (Å²) < 4.78 is 6.02. The normalized spacial score (nSPS) is 30.3. The fraction of sp³-hybridized carbons (Fsp3) is 0.609. The van der Waals surface area contributed by atoms with E-state index >= 15 is 0 Å². The first kappa shape index (κ1) is 20.1. The lowest BCUT2D eigenvalue weighted by molar-refractivity contribution is -0.122. The lowest BCUT2D eigenvalue weighted by atomic mass is 9.73. The van der Waals surface area contributed by atoms with Gasteiger partial charge in [0.25, 0.3) is 0 Å². The van der Waals surface area contributed by atoms with Gasteiger partial charge in [0, 0.05) is 24.8 Å². The lowest BCUT2D eigenvalue weighted by Gasteiger charge is -2.44. The van der Waals surface area contributed by atoms with Crippen LogP contribution in [0.15, 0.2) is 24.3 Å². The van der Waals surface area contributed by atoms with Crippen molar-refractivity contribution in [2.45, 2.75) is 52.1 Å². The molecule has 0 aromatic heterocycles. The summed E-state index contributed by atoms with van der Waals surface area (Å²) in [6.45, 7) is 7.03. The highest BCUT2D eigenvalue weighted by molar-refractivity contribution is 6.22. The van der Waals surface area contributed by atoms with Gasteiger partial charge in [0.05, 0.1) is 11.3 Å². The fourth-order valence-electron chi connectivity index (χ4n) is 5.19. The molecule has 3 fully saturated rings. The van der Waals surface area contributed by atoms with E-state index in [9.17, 15) is 14.4 Å². The molecule has 0 spiro atoms. The molecule has 0 N–H and O–H groups in total. The van der Waals surface area contributed by atoms with Crippen molar-refractivity contribution >= 4 is 23.5 Å². The zero-order valence-corrected chi connectivity index (χ0v) is 17.3. The molecule has 6 heteroatoms. The summed E-state index contributed by atoms with van der Waals surface area (Å²) in [4.78, 5) is 41.6. The molecule has 2 aliphatic heterocycles. The van der Waals surface area contributed by atoms with Crippen LogP contribution in [0.25, 0.3) is 0 Å². The zero-order valence-electron chi connectivity index (χ0n) is 17.3. The number of nitrogens with zero attached hydrogens (tertiary/aromatic N) is 2. The van der Waals surface area contributed by atoms with E-state index in [-0.39, 0.29) is 30.3 Å². The van der Waals surface area contributed by atoms with Gasteiger partial charge in [-0.05, 0) is 56.8 Å². The minimum Gasteiger partial charge on any atom is -0.458 e. The Kier molecular flexibility index (Phi) is 5.72. The highest BCUT2D eigenvalue weighted by atomic mass is 16.5. The van der Waals surface area contributed by atoms with Crippen molar-refractivity contribution in [3.8, 4) is 0 Å². The number of anilines is 1. The van der Waals surface area contributed by atoms with Crippen LogP contribution in [0.4, 0.5) is 5.69 Å². The number of piperidine rings is 1. The number of esters is 1. The van der Waals surface area contributed by atoms with Gasteiger partial charge in [0.2, 0.25) is 11.8 Å². The Labute approximate surface area is 172 Å². The largest absolute Gasteiger partial charge is 0.458 e. The number of ether oxygens (including phenoxy) is 1. The smallest absolute Gasteiger partial charge is 0.340 e. The standard InChI is InChI=1S/C23H30N2O4/c1-3-24-12-11-16-7-6-10-20(18(16)14-24)29-23(28)17-8-4-5-9-19(17)25-21(26)13-15(2)22(25)27/h4-5,8-9,15-16,18,20H,3,6-7,10-14H2,1-2H3/t15-,16+,18+,20+/m0/s1. The molecule has 2 heterocycles. The Morgan fingerprint density at radius 1 is 1.17 bits per heavy atom. The average molecular weight is 399 g/mol. The van der Waals surface area contributed by atoms with E-state index in [0.717, 1.165) is 43.8 Å². The second-order valence-corrected chi connectivity index (χ2v) is 8.67. The van der Waals surface area contributed by atoms with Crippen molar-refractivity contribution in [2.75, 3.05) is 24.5 Å². The number of carbonyl (C=O) groups is 3. The molecule has 2 saturated heterocycles. The predicted octanol–water partition coefficient (Wildman–Crippen LogP) is 3.25. The molecule has 4 atom stereocenters. The van der Waals surface area contributed by atoms with Gasteiger partial charge in [-0.25, -0.2) is 9.69 Å². The van der Waals surface area contributed by atoms with Gasteiger partial charge >= 0.3 is 5.97 Å². The van der Waals surface area contributed by atoms with Gasteiger partial charge in [-0.15, -0.1) is 0 Å². The van der Waals surface area contributed by atoms with Crippen molar-refractivity contribution < 1.29 is 19.1 Å². The van der Waals surface area contributed by atoms with Crippen molar-refractivity contribution in [3.05, 3.63) is 29.8 Å². The van der Waals surface area contributed by atoms with Crippen molar-refractivity contribution in [3.63, 3.8) is 0 Å². The van der Waals surface area contributed by atoms with Crippen LogP contribution in [0.5, 0.6) is 0 Å². The number of hydrogen-bond acceptors (Lipinski definition) is 5. The topological polar surface area (TPSA) is 66.9 Å². The monoisotopic (exact) mass is 398 g/mol. The summed E-state index contributed by atoms with van der Waals surface area (Å²) in [5, 5.41) is 0. The number of fused-ring (bicyclic) bond motifs is 1. The third-order valence-electron chi connectivity index (χ3n) is 6.87. The molecule has 1 aromatic carbocycles. The number of benzene rings is 1. The van der Waals surface area contributed by atoms with Gasteiger partial charge in [-0.2, -0.15) is 0 Å². The summed E-state index contributed by atoms with van der Waals surface area (Å²) >= 11 is 0. The second-order valence-electron chi connectivity index (χ2n) is 8.67. The van der Waals surface area contributed by atoms with Crippen LogP contribution in [0.1, 0.15) is 56.3 Å². The molecule has 4 rings (SSSR count). The van der Waals surface area contributed by atoms with Crippen LogP contribution in [-0.4, -0.2) is 48.4 Å². The van der Waals surface area contributed by atoms with Crippen molar-refractivity contribution in [1.29, 1.82) is 0 Å². The first-order valence-electron chi connectivity index (χ1n) is 10.9. The van der Waals surface area contributed by atoms with Crippen LogP contribution in [-0.2, 0) is 14.3 Å². The number of rotatable bonds is 4. The van der Waals surface area contributed by atoms with Gasteiger partial charge < -0.3 is 9.64 Å². The first-order chi connectivity index (χ1) is 14.0. The minimum absolute atomic E-state index is 0.104. The molecule has 6 nitrogen and oxygen atoms in total. The highest BCUT2D eigenvalue weighted by Crippen LogP contribution is 2.38. The van der Waals surface area contributed by atoms with Gasteiger partial charge in [0.1, 0.15) is 6.10 Å². The maximum absolute atomic E-state index is 13.1. The second kappa shape index (κ2) is 8.27. The summed E-state index contributed by atoms with van der Waals surface area (Å²) in [6, 6.07) is 6.80. The van der Waals surface area contributed by atoms with E-state index in [4.69, 9.17) is 4.74 Å². The minimum atomic E-state index is -0.431. The van der Waals surface area contributed by atoms with Crippen LogP contribution in [0.2, 0.25) is 0 Å². The molecule has 2 amide bonds. The quantitative estimate of drug-likeness (QED) is 0.575. The molecule has 0 unspecified atom stereocenters. The van der Waals surface area contributed by atoms with E-state index in [1.807, 2.05) is 0 Å². The lowest BCUT2D eigenvalue weighted by Crippen LogP contribution is -2.48. The Morgan fingerprint density at radius 2 is 1.97 bits per heavy atom. The zero-order chi connectivity index (χ0) is 20.5. The van der Waals surface area contributed by atoms with Crippen LogP contribution < -0.4 is 4.90 Å². The van der Waals surface area contributed by atoms with E-state index in [1.54, 1.807) is 31.2 Å². The van der Waals surface area contributed by atoms with Gasteiger partial charge in [-0.3, -0.25) is 9.59 Å². The number of para-hydroxylation sites is 1. The molecule has 29 heavy (non-hydrogen) atoms. The fourth-order valence-corrected chi connectivity index (χ4v) is 5.19. The molecular weight excluding hydrogens is 368 g/mol. The molecule has 3 aliphatic rings. The summed E-state index contributed by atoms with van der Waals surface area (Å²) in [7, 11) is 0. The number of carbonyl (C=O) groups excluding carboxylic acids is 3. The molecule has 0 bridgehead atoms. The average Bonchev–Trinajstić information content (AvgIpc) is 2.99. The summed E-state index contributed by atoms with van der Waals surface area (Å²) in [5.41, 5.74) is 0.650. The number of amides is 2. The Morgan fingerprint density at radius 3 is 2.69 bits per heavy atom. The molecule has 0 radical (unpaired) electrons. The van der Waals surface area contributed by atoms with Crippen molar-refractivity contribution in [1.82, 2.24) is 4.90 Å². The molecule has 1 aromatic rings. The Hall–Kier alpha value is -2.21. The third-order valence-corrected chi connectivity index (χ3v) is 6.87. The number of likely N-dealkylation sites (tertiary alicyclic amines) is 1. The summed E-state index contributed by atoms with van der Waals surface area (Å²) in [6.07, 6.45) is 4.41. The van der Waals surface area contributed by atoms with E-state index in [1.165, 1.54) is 6.42 Å². The Bertz CT molecular complexity index is 808. The maximum Gasteiger partial charge on any atom is 0.340 e. The predicted molar refractivity (Wildman–Crippen MR) is 109 cm³/mol. The van der Waals surface area contributed by atoms with Crippen molar-refractivity contribution in [2.24, 2.45) is 17.8 Å². The molecular formula is C23H30N2O4. The highest BCUT2D eigenvalue weighted by Gasteiger charge is 2.41. The SMILES string of the molecule is CCN1CC[C@H]2CCC[C@@H](OC(=O)c3ccccc3N3C(=O)C[C@H](C)C3=O)[C@@H]2C1. The first-order valence-corrected chi connectivity index (χ1v) is 10.9. The molecule has 1 saturated carbocycles. The van der Waals surface area contributed by atoms with Crippen LogP contribution in [0.3, 0.4) is 0 Å². The van der Waals surface area contributed by atoms with Crippen LogP contribution >= 0.6 is 0 Å². The Balaban J connectivity index is 1.55. The third kappa shape index (κ3) is 3.82. The summed E-state index contributed by atoms with van der Waals surface area (Å²) in [5.74, 6) is -0.316. The molecule has 156 valence electrons.